The van der Waals surface area contributed by atoms with Gasteiger partial charge in [-0.3, -0.25) is 4.79 Å². The summed E-state index contributed by atoms with van der Waals surface area (Å²) in [4.78, 5) is 13.6. The molecule has 2 aromatic carbocycles. The van der Waals surface area contributed by atoms with Crippen LogP contribution >= 0.6 is 11.3 Å². The first-order valence-electron chi connectivity index (χ1n) is 8.93. The molecule has 2 aromatic heterocycles. The number of thiazole rings is 1. The van der Waals surface area contributed by atoms with Crippen molar-refractivity contribution in [3.8, 4) is 34.4 Å². The highest BCUT2D eigenvalue weighted by Gasteiger charge is 2.19. The van der Waals surface area contributed by atoms with Gasteiger partial charge in [0.2, 0.25) is 10.7 Å². The number of nitrogens with zero attached hydrogens (tertiary/aromatic N) is 3. The Bertz CT molecular complexity index is 1290. The number of hydrogen-bond donors (Lipinski definition) is 0. The Morgan fingerprint density at radius 1 is 0.900 bits per heavy atom. The maximum absolute atomic E-state index is 13.1. The lowest BCUT2D eigenvalue weighted by molar-refractivity contribution is 0.324. The van der Waals surface area contributed by atoms with E-state index in [0.29, 0.717) is 38.1 Å². The summed E-state index contributed by atoms with van der Waals surface area (Å²) in [6.07, 6.45) is 1.82. The number of hydrogen-bond acceptors (Lipinski definition) is 8. The molecule has 0 aliphatic rings. The van der Waals surface area contributed by atoms with Gasteiger partial charge >= 0.3 is 0 Å². The van der Waals surface area contributed by atoms with E-state index in [0.717, 1.165) is 11.3 Å². The van der Waals surface area contributed by atoms with Gasteiger partial charge < -0.3 is 18.9 Å². The van der Waals surface area contributed by atoms with Crippen LogP contribution in [0.4, 0.5) is 0 Å². The highest BCUT2D eigenvalue weighted by atomic mass is 32.1. The first-order valence-corrected chi connectivity index (χ1v) is 9.75. The van der Waals surface area contributed by atoms with Crippen LogP contribution in [0.25, 0.3) is 22.4 Å². The van der Waals surface area contributed by atoms with E-state index in [1.165, 1.54) is 37.1 Å². The third-order valence-corrected chi connectivity index (χ3v) is 5.54. The molecular weight excluding hydrogens is 406 g/mol. The minimum absolute atomic E-state index is 0.195. The first-order chi connectivity index (χ1) is 14.6. The molecule has 0 unspecified atom stereocenters. The highest BCUT2D eigenvalue weighted by molar-refractivity contribution is 7.15. The highest BCUT2D eigenvalue weighted by Crippen LogP contribution is 2.40. The lowest BCUT2D eigenvalue weighted by Crippen LogP contribution is -2.23. The topological polar surface area (TPSA) is 84.2 Å². The molecule has 8 nitrogen and oxygen atoms in total. The summed E-state index contributed by atoms with van der Waals surface area (Å²) in [6, 6.07) is 10.9. The van der Waals surface area contributed by atoms with E-state index in [-0.39, 0.29) is 5.56 Å². The largest absolute Gasteiger partial charge is 0.497 e. The molecule has 0 fully saturated rings. The van der Waals surface area contributed by atoms with Crippen LogP contribution < -0.4 is 29.0 Å². The monoisotopic (exact) mass is 425 g/mol. The van der Waals surface area contributed by atoms with E-state index in [9.17, 15) is 4.79 Å². The van der Waals surface area contributed by atoms with Crippen molar-refractivity contribution in [3.63, 3.8) is 0 Å². The molecule has 2 heterocycles. The third kappa shape index (κ3) is 3.33. The second-order valence-electron chi connectivity index (χ2n) is 6.24. The van der Waals surface area contributed by atoms with Crippen molar-refractivity contribution in [1.29, 1.82) is 0 Å². The van der Waals surface area contributed by atoms with E-state index in [2.05, 4.69) is 10.2 Å². The minimum atomic E-state index is -0.195. The van der Waals surface area contributed by atoms with Gasteiger partial charge in [0.1, 0.15) is 5.75 Å². The van der Waals surface area contributed by atoms with Crippen LogP contribution in [0.3, 0.4) is 0 Å². The number of fused-ring (bicyclic) bond motifs is 1. The Morgan fingerprint density at radius 2 is 1.57 bits per heavy atom. The van der Waals surface area contributed by atoms with Gasteiger partial charge in [-0.15, -0.1) is 10.2 Å². The van der Waals surface area contributed by atoms with Crippen molar-refractivity contribution in [3.05, 3.63) is 56.8 Å². The fraction of sp³-hybridized carbons (Fsp3) is 0.190. The zero-order valence-electron chi connectivity index (χ0n) is 16.8. The molecule has 9 heteroatoms. The normalized spacial score (nSPS) is 11.7. The van der Waals surface area contributed by atoms with Crippen molar-refractivity contribution in [2.75, 3.05) is 28.4 Å². The predicted molar refractivity (Wildman–Crippen MR) is 114 cm³/mol. The molecule has 0 bridgehead atoms. The minimum Gasteiger partial charge on any atom is -0.497 e. The number of aromatic nitrogens is 3. The van der Waals surface area contributed by atoms with Gasteiger partial charge in [0.05, 0.1) is 33.0 Å². The predicted octanol–water partition coefficient (Wildman–Crippen LogP) is 2.40. The molecule has 0 spiro atoms. The summed E-state index contributed by atoms with van der Waals surface area (Å²) in [5.41, 5.74) is 1.32. The van der Waals surface area contributed by atoms with Crippen LogP contribution in [-0.4, -0.2) is 43.0 Å². The molecule has 0 atom stereocenters. The van der Waals surface area contributed by atoms with Crippen LogP contribution in [0.1, 0.15) is 5.56 Å². The van der Waals surface area contributed by atoms with Gasteiger partial charge in [-0.05, 0) is 35.9 Å². The Labute approximate surface area is 175 Å². The summed E-state index contributed by atoms with van der Waals surface area (Å²) in [6.45, 7) is 0. The zero-order valence-corrected chi connectivity index (χ0v) is 17.6. The van der Waals surface area contributed by atoms with Gasteiger partial charge in [0.15, 0.2) is 17.3 Å². The fourth-order valence-corrected chi connectivity index (χ4v) is 4.02. The molecule has 30 heavy (non-hydrogen) atoms. The molecule has 0 saturated heterocycles. The van der Waals surface area contributed by atoms with Crippen LogP contribution in [-0.2, 0) is 0 Å². The molecule has 0 saturated carbocycles. The second-order valence-corrected chi connectivity index (χ2v) is 7.25. The Hall–Kier alpha value is -3.59. The molecular formula is C21H19N3O5S. The lowest BCUT2D eigenvalue weighted by Gasteiger charge is -2.13. The van der Waals surface area contributed by atoms with Crippen molar-refractivity contribution in [2.45, 2.75) is 0 Å². The van der Waals surface area contributed by atoms with Crippen LogP contribution in [0.15, 0.2) is 41.2 Å². The van der Waals surface area contributed by atoms with E-state index in [1.807, 2.05) is 30.3 Å². The standard InChI is InChI=1S/C21H19N3O5S/c1-26-14-7-5-12(6-8-14)9-17-20(25)24-19(22-23-21(24)30-17)13-10-15(27-2)18(29-4)16(11-13)28-3/h5-11H,1-4H3/b17-9-. The SMILES string of the molecule is COc1ccc(/C=c2\sc3nnc(-c4cc(OC)c(OC)c(OC)c4)n3c2=O)cc1. The van der Waals surface area contributed by atoms with E-state index < -0.39 is 0 Å². The Balaban J connectivity index is 1.86. The molecule has 154 valence electrons. The fourth-order valence-electron chi connectivity index (χ4n) is 3.11. The zero-order chi connectivity index (χ0) is 21.3. The smallest absolute Gasteiger partial charge is 0.276 e. The molecule has 4 rings (SSSR count). The quantitative estimate of drug-likeness (QED) is 0.469. The van der Waals surface area contributed by atoms with Gasteiger partial charge in [-0.2, -0.15) is 0 Å². The number of ether oxygens (including phenoxy) is 4. The van der Waals surface area contributed by atoms with Crippen molar-refractivity contribution in [2.24, 2.45) is 0 Å². The second kappa shape index (κ2) is 8.03. The summed E-state index contributed by atoms with van der Waals surface area (Å²) in [5, 5.41) is 8.38. The maximum atomic E-state index is 13.1. The van der Waals surface area contributed by atoms with Crippen LogP contribution in [0.2, 0.25) is 0 Å². The lowest BCUT2D eigenvalue weighted by atomic mass is 10.1. The van der Waals surface area contributed by atoms with E-state index >= 15 is 0 Å². The average molecular weight is 425 g/mol. The Kier molecular flexibility index (Phi) is 5.28. The van der Waals surface area contributed by atoms with Crippen LogP contribution in [0.5, 0.6) is 23.0 Å². The summed E-state index contributed by atoms with van der Waals surface area (Å²) in [7, 11) is 6.21. The molecule has 0 N–H and O–H groups in total. The van der Waals surface area contributed by atoms with Crippen molar-refractivity contribution >= 4 is 22.4 Å². The van der Waals surface area contributed by atoms with Crippen molar-refractivity contribution < 1.29 is 18.9 Å². The van der Waals surface area contributed by atoms with E-state index in [4.69, 9.17) is 18.9 Å². The third-order valence-electron chi connectivity index (χ3n) is 4.58. The van der Waals surface area contributed by atoms with Crippen molar-refractivity contribution in [1.82, 2.24) is 14.6 Å². The molecule has 0 amide bonds. The number of methoxy groups -OCH3 is 4. The molecule has 0 radical (unpaired) electrons. The number of rotatable bonds is 6. The Morgan fingerprint density at radius 3 is 2.13 bits per heavy atom. The van der Waals surface area contributed by atoms with Gasteiger partial charge in [-0.25, -0.2) is 4.40 Å². The summed E-state index contributed by atoms with van der Waals surface area (Å²) < 4.78 is 23.4. The summed E-state index contributed by atoms with van der Waals surface area (Å²) >= 11 is 1.27. The molecule has 0 aliphatic heterocycles. The van der Waals surface area contributed by atoms with Gasteiger partial charge in [-0.1, -0.05) is 23.5 Å². The number of benzene rings is 2. The molecule has 4 aromatic rings. The summed E-state index contributed by atoms with van der Waals surface area (Å²) in [5.74, 6) is 2.56. The first kappa shape index (κ1) is 19.7. The molecule has 0 aliphatic carbocycles. The average Bonchev–Trinajstić information content (AvgIpc) is 3.33. The van der Waals surface area contributed by atoms with Gasteiger partial charge in [0.25, 0.3) is 5.56 Å². The van der Waals surface area contributed by atoms with Gasteiger partial charge in [0, 0.05) is 5.56 Å². The van der Waals surface area contributed by atoms with Crippen LogP contribution in [0, 0.1) is 0 Å². The maximum Gasteiger partial charge on any atom is 0.276 e. The van der Waals surface area contributed by atoms with E-state index in [1.54, 1.807) is 19.2 Å².